The number of likely N-dealkylation sites (tertiary alicyclic amines) is 1. The summed E-state index contributed by atoms with van der Waals surface area (Å²) >= 11 is 0. The van der Waals surface area contributed by atoms with Gasteiger partial charge in [-0.3, -0.25) is 9.59 Å². The summed E-state index contributed by atoms with van der Waals surface area (Å²) in [5.41, 5.74) is 1.24. The number of hydrogen-bond donors (Lipinski definition) is 2. The minimum Gasteiger partial charge on any atom is -0.391 e. The maximum absolute atomic E-state index is 13.1. The van der Waals surface area contributed by atoms with Gasteiger partial charge in [-0.25, -0.2) is 0 Å². The zero-order chi connectivity index (χ0) is 20.7. The standard InChI is InChI=1S/C23H30N2O3/c1-6-16-7-9-17(10-8-16)23(11-12-23)24-20(27)19-13-18(26)14-25(19)21(28)15(2)22(3,4)5/h1,7-10,15,18-19,26H,11-14H2,2-5H3,(H,24,27)/t15-,18-,19+/m1/s1. The molecule has 5 nitrogen and oxygen atoms in total. The molecule has 0 aromatic heterocycles. The highest BCUT2D eigenvalue weighted by Gasteiger charge is 2.49. The molecule has 1 heterocycles. The quantitative estimate of drug-likeness (QED) is 0.786. The molecule has 1 aliphatic carbocycles. The maximum Gasteiger partial charge on any atom is 0.243 e. The minimum atomic E-state index is -0.670. The maximum atomic E-state index is 13.1. The van der Waals surface area contributed by atoms with Crippen molar-refractivity contribution < 1.29 is 14.7 Å². The first-order valence-corrected chi connectivity index (χ1v) is 9.95. The van der Waals surface area contributed by atoms with E-state index in [9.17, 15) is 14.7 Å². The second kappa shape index (κ2) is 7.25. The summed E-state index contributed by atoms with van der Waals surface area (Å²) in [7, 11) is 0. The van der Waals surface area contributed by atoms with Crippen molar-refractivity contribution in [1.82, 2.24) is 10.2 Å². The first-order chi connectivity index (χ1) is 13.1. The number of carbonyl (C=O) groups excluding carboxylic acids is 2. The molecule has 0 unspecified atom stereocenters. The van der Waals surface area contributed by atoms with Gasteiger partial charge in [-0.15, -0.1) is 6.42 Å². The van der Waals surface area contributed by atoms with Gasteiger partial charge in [-0.05, 0) is 36.0 Å². The summed E-state index contributed by atoms with van der Waals surface area (Å²) in [5, 5.41) is 13.3. The van der Waals surface area contributed by atoms with Crippen LogP contribution in [0.2, 0.25) is 0 Å². The largest absolute Gasteiger partial charge is 0.391 e. The average Bonchev–Trinajstić information content (AvgIpc) is 3.32. The van der Waals surface area contributed by atoms with Crippen molar-refractivity contribution in [3.05, 3.63) is 35.4 Å². The Hall–Kier alpha value is -2.32. The molecule has 2 N–H and O–H groups in total. The molecule has 2 aliphatic rings. The lowest BCUT2D eigenvalue weighted by atomic mass is 9.81. The summed E-state index contributed by atoms with van der Waals surface area (Å²) in [5.74, 6) is 2.09. The van der Waals surface area contributed by atoms with E-state index in [2.05, 4.69) is 11.2 Å². The molecule has 3 rings (SSSR count). The molecular weight excluding hydrogens is 352 g/mol. The number of benzene rings is 1. The Balaban J connectivity index is 1.75. The second-order valence-corrected chi connectivity index (χ2v) is 9.28. The van der Waals surface area contributed by atoms with E-state index in [1.165, 1.54) is 0 Å². The SMILES string of the molecule is C#Cc1ccc(C2(NC(=O)[C@@H]3C[C@@H](O)CN3C(=O)[C@@H](C)C(C)(C)C)CC2)cc1. The number of nitrogens with one attached hydrogen (secondary N) is 1. The molecule has 1 saturated carbocycles. The van der Waals surface area contributed by atoms with Crippen LogP contribution in [0.3, 0.4) is 0 Å². The zero-order valence-corrected chi connectivity index (χ0v) is 17.2. The number of hydrogen-bond acceptors (Lipinski definition) is 3. The zero-order valence-electron chi connectivity index (χ0n) is 17.2. The van der Waals surface area contributed by atoms with E-state index in [1.807, 2.05) is 52.0 Å². The lowest BCUT2D eigenvalue weighted by molar-refractivity contribution is -0.144. The monoisotopic (exact) mass is 382 g/mol. The number of terminal acetylenes is 1. The van der Waals surface area contributed by atoms with Crippen molar-refractivity contribution in [2.75, 3.05) is 6.54 Å². The van der Waals surface area contributed by atoms with Crippen LogP contribution in [0.15, 0.2) is 24.3 Å². The smallest absolute Gasteiger partial charge is 0.243 e. The van der Waals surface area contributed by atoms with Crippen LogP contribution in [0, 0.1) is 23.7 Å². The van der Waals surface area contributed by atoms with Gasteiger partial charge in [-0.2, -0.15) is 0 Å². The van der Waals surface area contributed by atoms with Crippen LogP contribution in [-0.4, -0.2) is 40.5 Å². The molecule has 1 aliphatic heterocycles. The number of carbonyl (C=O) groups is 2. The fourth-order valence-corrected chi connectivity index (χ4v) is 3.74. The summed E-state index contributed by atoms with van der Waals surface area (Å²) in [6.07, 6.45) is 6.74. The van der Waals surface area contributed by atoms with Crippen molar-refractivity contribution in [3.8, 4) is 12.3 Å². The van der Waals surface area contributed by atoms with Crippen LogP contribution in [0.4, 0.5) is 0 Å². The lowest BCUT2D eigenvalue weighted by Crippen LogP contribution is -2.51. The number of rotatable bonds is 4. The Morgan fingerprint density at radius 1 is 1.29 bits per heavy atom. The summed E-state index contributed by atoms with van der Waals surface area (Å²) in [6.45, 7) is 8.13. The topological polar surface area (TPSA) is 69.6 Å². The van der Waals surface area contributed by atoms with E-state index in [0.717, 1.165) is 24.0 Å². The van der Waals surface area contributed by atoms with Gasteiger partial charge in [0.15, 0.2) is 0 Å². The molecule has 0 spiro atoms. The van der Waals surface area contributed by atoms with Gasteiger partial charge in [0.05, 0.1) is 11.6 Å². The highest BCUT2D eigenvalue weighted by Crippen LogP contribution is 2.46. The predicted octanol–water partition coefficient (Wildman–Crippen LogP) is 2.42. The molecule has 1 aromatic rings. The number of aliphatic hydroxyl groups is 1. The van der Waals surface area contributed by atoms with Gasteiger partial charge in [0, 0.05) is 24.4 Å². The Morgan fingerprint density at radius 2 is 1.89 bits per heavy atom. The summed E-state index contributed by atoms with van der Waals surface area (Å²) in [6, 6.07) is 7.03. The van der Waals surface area contributed by atoms with E-state index in [1.54, 1.807) is 4.90 Å². The van der Waals surface area contributed by atoms with Crippen LogP contribution in [-0.2, 0) is 15.1 Å². The minimum absolute atomic E-state index is 0.0765. The first kappa shape index (κ1) is 20.4. The highest BCUT2D eigenvalue weighted by atomic mass is 16.3. The highest BCUT2D eigenvalue weighted by molar-refractivity contribution is 5.90. The number of amides is 2. The average molecular weight is 383 g/mol. The molecule has 28 heavy (non-hydrogen) atoms. The normalized spacial score (nSPS) is 24.4. The molecule has 0 bridgehead atoms. The Morgan fingerprint density at radius 3 is 2.39 bits per heavy atom. The van der Waals surface area contributed by atoms with Crippen LogP contribution in [0.1, 0.15) is 58.1 Å². The Kier molecular flexibility index (Phi) is 5.29. The van der Waals surface area contributed by atoms with Crippen LogP contribution in [0.25, 0.3) is 0 Å². The van der Waals surface area contributed by atoms with Gasteiger partial charge < -0.3 is 15.3 Å². The van der Waals surface area contributed by atoms with Crippen molar-refractivity contribution in [2.24, 2.45) is 11.3 Å². The van der Waals surface area contributed by atoms with E-state index >= 15 is 0 Å². The number of aliphatic hydroxyl groups excluding tert-OH is 1. The van der Waals surface area contributed by atoms with Crippen LogP contribution in [0.5, 0.6) is 0 Å². The fourth-order valence-electron chi connectivity index (χ4n) is 3.74. The molecule has 2 amide bonds. The Labute approximate surface area is 167 Å². The molecular formula is C23H30N2O3. The third-order valence-corrected chi connectivity index (χ3v) is 6.25. The van der Waals surface area contributed by atoms with Crippen LogP contribution < -0.4 is 5.32 Å². The molecule has 150 valence electrons. The van der Waals surface area contributed by atoms with Gasteiger partial charge >= 0.3 is 0 Å². The molecule has 5 heteroatoms. The third kappa shape index (κ3) is 3.93. The Bertz CT molecular complexity index is 797. The lowest BCUT2D eigenvalue weighted by Gasteiger charge is -2.33. The van der Waals surface area contributed by atoms with Crippen molar-refractivity contribution >= 4 is 11.8 Å². The van der Waals surface area contributed by atoms with Crippen molar-refractivity contribution in [3.63, 3.8) is 0 Å². The molecule has 1 saturated heterocycles. The van der Waals surface area contributed by atoms with Crippen molar-refractivity contribution in [1.29, 1.82) is 0 Å². The van der Waals surface area contributed by atoms with Crippen molar-refractivity contribution in [2.45, 2.75) is 64.6 Å². The molecule has 3 atom stereocenters. The molecule has 0 radical (unpaired) electrons. The first-order valence-electron chi connectivity index (χ1n) is 9.95. The van der Waals surface area contributed by atoms with Gasteiger partial charge in [-0.1, -0.05) is 45.7 Å². The summed E-state index contributed by atoms with van der Waals surface area (Å²) < 4.78 is 0. The van der Waals surface area contributed by atoms with Gasteiger partial charge in [0.1, 0.15) is 6.04 Å². The van der Waals surface area contributed by atoms with Gasteiger partial charge in [0.2, 0.25) is 11.8 Å². The molecule has 1 aromatic carbocycles. The summed E-state index contributed by atoms with van der Waals surface area (Å²) in [4.78, 5) is 27.6. The van der Waals surface area contributed by atoms with Crippen LogP contribution >= 0.6 is 0 Å². The number of β-amino-alcohol motifs (C(OH)–C–C–N with tert-alkyl or cyclic N) is 1. The van der Waals surface area contributed by atoms with E-state index in [4.69, 9.17) is 6.42 Å². The van der Waals surface area contributed by atoms with Gasteiger partial charge in [0.25, 0.3) is 0 Å². The van der Waals surface area contributed by atoms with E-state index in [0.29, 0.717) is 0 Å². The third-order valence-electron chi connectivity index (χ3n) is 6.25. The van der Waals surface area contributed by atoms with E-state index < -0.39 is 12.1 Å². The second-order valence-electron chi connectivity index (χ2n) is 9.28. The fraction of sp³-hybridized carbons (Fsp3) is 0.565. The predicted molar refractivity (Wildman–Crippen MR) is 108 cm³/mol. The molecule has 2 fully saturated rings. The number of nitrogens with zero attached hydrogens (tertiary/aromatic N) is 1. The van der Waals surface area contributed by atoms with E-state index in [-0.39, 0.29) is 41.7 Å².